The van der Waals surface area contributed by atoms with E-state index in [9.17, 15) is 4.79 Å². The van der Waals surface area contributed by atoms with Crippen molar-refractivity contribution in [2.24, 2.45) is 10.4 Å². The van der Waals surface area contributed by atoms with E-state index in [2.05, 4.69) is 61.1 Å². The van der Waals surface area contributed by atoms with Crippen LogP contribution in [0.1, 0.15) is 38.8 Å². The number of hydrogen-bond acceptors (Lipinski definition) is 2. The van der Waals surface area contributed by atoms with Gasteiger partial charge in [-0.15, -0.1) is 24.0 Å². The van der Waals surface area contributed by atoms with Crippen molar-refractivity contribution < 1.29 is 4.79 Å². The van der Waals surface area contributed by atoms with E-state index < -0.39 is 0 Å². The van der Waals surface area contributed by atoms with Gasteiger partial charge in [-0.05, 0) is 31.4 Å². The van der Waals surface area contributed by atoms with Crippen LogP contribution in [0.4, 0.5) is 0 Å². The van der Waals surface area contributed by atoms with Crippen LogP contribution in [-0.4, -0.2) is 53.9 Å². The van der Waals surface area contributed by atoms with Gasteiger partial charge in [0.25, 0.3) is 0 Å². The summed E-state index contributed by atoms with van der Waals surface area (Å²) < 4.78 is 0. The molecule has 0 radical (unpaired) electrons. The SMILES string of the molecule is CN=C(NCC(=O)N1CCc2ccccc2C1)N1CC(C)(C)C1(C)C.I. The summed E-state index contributed by atoms with van der Waals surface area (Å²) in [4.78, 5) is 21.2. The smallest absolute Gasteiger partial charge is 0.242 e. The Balaban J connectivity index is 0.00000243. The van der Waals surface area contributed by atoms with E-state index in [1.165, 1.54) is 11.1 Å². The lowest BCUT2D eigenvalue weighted by atomic mass is 9.65. The summed E-state index contributed by atoms with van der Waals surface area (Å²) in [5, 5.41) is 3.27. The second-order valence-electron chi connectivity index (χ2n) is 8.26. The highest BCUT2D eigenvalue weighted by molar-refractivity contribution is 14.0. The molecule has 0 saturated carbocycles. The Morgan fingerprint density at radius 3 is 2.42 bits per heavy atom. The average Bonchev–Trinajstić information content (AvgIpc) is 2.60. The number of amides is 1. The molecule has 0 spiro atoms. The highest BCUT2D eigenvalue weighted by Gasteiger charge is 2.53. The van der Waals surface area contributed by atoms with Gasteiger partial charge in [0.1, 0.15) is 0 Å². The molecule has 1 fully saturated rings. The monoisotopic (exact) mass is 470 g/mol. The molecule has 3 rings (SSSR count). The summed E-state index contributed by atoms with van der Waals surface area (Å²) in [5.41, 5.74) is 2.89. The van der Waals surface area contributed by atoms with Crippen molar-refractivity contribution >= 4 is 35.8 Å². The minimum absolute atomic E-state index is 0. The molecule has 1 aromatic rings. The number of nitrogens with zero attached hydrogens (tertiary/aromatic N) is 3. The lowest BCUT2D eigenvalue weighted by Gasteiger charge is -2.62. The molecule has 0 atom stereocenters. The molecule has 2 aliphatic rings. The van der Waals surface area contributed by atoms with Crippen LogP contribution in [0.15, 0.2) is 29.3 Å². The molecule has 1 amide bonds. The fourth-order valence-corrected chi connectivity index (χ4v) is 3.67. The van der Waals surface area contributed by atoms with Gasteiger partial charge in [0.15, 0.2) is 5.96 Å². The van der Waals surface area contributed by atoms with Crippen molar-refractivity contribution in [1.29, 1.82) is 0 Å². The van der Waals surface area contributed by atoms with Crippen molar-refractivity contribution in [1.82, 2.24) is 15.1 Å². The molecule has 144 valence electrons. The molecule has 2 heterocycles. The Bertz CT molecular complexity index is 699. The Hall–Kier alpha value is -1.31. The van der Waals surface area contributed by atoms with Crippen LogP contribution in [0.2, 0.25) is 0 Å². The van der Waals surface area contributed by atoms with Gasteiger partial charge in [-0.3, -0.25) is 9.79 Å². The number of aliphatic imine (C=N–C) groups is 1. The van der Waals surface area contributed by atoms with Crippen LogP contribution in [0, 0.1) is 5.41 Å². The number of hydrogen-bond donors (Lipinski definition) is 1. The fourth-order valence-electron chi connectivity index (χ4n) is 3.67. The van der Waals surface area contributed by atoms with Crippen molar-refractivity contribution in [3.8, 4) is 0 Å². The molecule has 26 heavy (non-hydrogen) atoms. The van der Waals surface area contributed by atoms with E-state index >= 15 is 0 Å². The normalized spacial score (nSPS) is 20.6. The first kappa shape index (κ1) is 21.0. The largest absolute Gasteiger partial charge is 0.347 e. The standard InChI is InChI=1S/C20H30N4O.HI/c1-19(2)14-24(20(19,3)4)18(21-5)22-12-17(25)23-11-10-15-8-6-7-9-16(15)13-23;/h6-9H,10-14H2,1-5H3,(H,21,22);1H. The van der Waals surface area contributed by atoms with Crippen LogP contribution in [0.25, 0.3) is 0 Å². The number of rotatable bonds is 2. The van der Waals surface area contributed by atoms with Crippen molar-refractivity contribution in [2.45, 2.75) is 46.2 Å². The maximum atomic E-state index is 12.6. The molecule has 1 N–H and O–H groups in total. The Kier molecular flexibility index (Phi) is 6.25. The maximum Gasteiger partial charge on any atom is 0.242 e. The van der Waals surface area contributed by atoms with Crippen LogP contribution in [-0.2, 0) is 17.8 Å². The third kappa shape index (κ3) is 3.70. The van der Waals surface area contributed by atoms with E-state index in [4.69, 9.17) is 0 Å². The average molecular weight is 470 g/mol. The van der Waals surface area contributed by atoms with Crippen LogP contribution in [0.3, 0.4) is 0 Å². The molecule has 1 aromatic carbocycles. The summed E-state index contributed by atoms with van der Waals surface area (Å²) in [7, 11) is 1.78. The first-order valence-electron chi connectivity index (χ1n) is 9.09. The van der Waals surface area contributed by atoms with Crippen molar-refractivity contribution in [2.75, 3.05) is 26.7 Å². The van der Waals surface area contributed by atoms with Crippen LogP contribution < -0.4 is 5.32 Å². The Morgan fingerprint density at radius 2 is 1.85 bits per heavy atom. The molecule has 6 heteroatoms. The van der Waals surface area contributed by atoms with Crippen molar-refractivity contribution in [3.63, 3.8) is 0 Å². The fraction of sp³-hybridized carbons (Fsp3) is 0.600. The zero-order valence-electron chi connectivity index (χ0n) is 16.5. The Labute approximate surface area is 174 Å². The minimum atomic E-state index is 0. The van der Waals surface area contributed by atoms with Gasteiger partial charge in [0.05, 0.1) is 6.54 Å². The first-order chi connectivity index (χ1) is 11.8. The zero-order chi connectivity index (χ0) is 18.2. The van der Waals surface area contributed by atoms with Gasteiger partial charge in [-0.2, -0.15) is 0 Å². The second kappa shape index (κ2) is 7.74. The molecule has 0 aromatic heterocycles. The molecular weight excluding hydrogens is 439 g/mol. The highest BCUT2D eigenvalue weighted by atomic mass is 127. The summed E-state index contributed by atoms with van der Waals surface area (Å²) in [5.74, 6) is 0.948. The van der Waals surface area contributed by atoms with Gasteiger partial charge >= 0.3 is 0 Å². The number of nitrogens with one attached hydrogen (secondary N) is 1. The summed E-state index contributed by atoms with van der Waals surface area (Å²) in [6.07, 6.45) is 0.935. The number of carbonyl (C=O) groups excluding carboxylic acids is 1. The number of fused-ring (bicyclic) bond motifs is 1. The van der Waals surface area contributed by atoms with E-state index in [-0.39, 0.29) is 40.8 Å². The van der Waals surface area contributed by atoms with E-state index in [1.807, 2.05) is 11.0 Å². The van der Waals surface area contributed by atoms with Gasteiger partial charge < -0.3 is 15.1 Å². The van der Waals surface area contributed by atoms with Crippen LogP contribution >= 0.6 is 24.0 Å². The minimum Gasteiger partial charge on any atom is -0.347 e. The molecule has 5 nitrogen and oxygen atoms in total. The molecule has 2 aliphatic heterocycles. The van der Waals surface area contributed by atoms with Crippen LogP contribution in [0.5, 0.6) is 0 Å². The van der Waals surface area contributed by atoms with E-state index in [0.717, 1.165) is 25.5 Å². The maximum absolute atomic E-state index is 12.6. The van der Waals surface area contributed by atoms with E-state index in [1.54, 1.807) is 7.05 Å². The number of benzene rings is 1. The van der Waals surface area contributed by atoms with Gasteiger partial charge in [0.2, 0.25) is 5.91 Å². The van der Waals surface area contributed by atoms with Gasteiger partial charge in [-0.1, -0.05) is 38.1 Å². The highest BCUT2D eigenvalue weighted by Crippen LogP contribution is 2.46. The third-order valence-electron chi connectivity index (χ3n) is 6.23. The second-order valence-corrected chi connectivity index (χ2v) is 8.26. The topological polar surface area (TPSA) is 47.9 Å². The van der Waals surface area contributed by atoms with Crippen molar-refractivity contribution in [3.05, 3.63) is 35.4 Å². The van der Waals surface area contributed by atoms with Gasteiger partial charge in [0, 0.05) is 37.6 Å². The lowest BCUT2D eigenvalue weighted by molar-refractivity contribution is -0.131. The summed E-state index contributed by atoms with van der Waals surface area (Å²) in [6, 6.07) is 8.38. The van der Waals surface area contributed by atoms with Gasteiger partial charge in [-0.25, -0.2) is 0 Å². The molecular formula is C20H31IN4O. The molecule has 0 bridgehead atoms. The predicted molar refractivity (Wildman–Crippen MR) is 117 cm³/mol. The third-order valence-corrected chi connectivity index (χ3v) is 6.23. The quantitative estimate of drug-likeness (QED) is 0.411. The summed E-state index contributed by atoms with van der Waals surface area (Å²) in [6.45, 7) is 11.7. The van der Waals surface area contributed by atoms with E-state index in [0.29, 0.717) is 13.1 Å². The Morgan fingerprint density at radius 1 is 1.19 bits per heavy atom. The zero-order valence-corrected chi connectivity index (χ0v) is 18.8. The number of likely N-dealkylation sites (tertiary alicyclic amines) is 1. The lowest BCUT2D eigenvalue weighted by Crippen LogP contribution is -2.72. The molecule has 1 saturated heterocycles. The number of halogens is 1. The predicted octanol–water partition coefficient (Wildman–Crippen LogP) is 2.89. The number of carbonyl (C=O) groups is 1. The molecule has 0 aliphatic carbocycles. The number of guanidine groups is 1. The summed E-state index contributed by atoms with van der Waals surface area (Å²) >= 11 is 0. The first-order valence-corrected chi connectivity index (χ1v) is 9.09. The molecule has 0 unspecified atom stereocenters.